The number of carboxylic acids is 1. The first-order valence-electron chi connectivity index (χ1n) is 5.32. The number of ether oxygens (including phenoxy) is 2. The Morgan fingerprint density at radius 3 is 2.63 bits per heavy atom. The van der Waals surface area contributed by atoms with Gasteiger partial charge in [0.15, 0.2) is 0 Å². The van der Waals surface area contributed by atoms with E-state index in [1.807, 2.05) is 0 Å². The number of pyridine rings is 1. The highest BCUT2D eigenvalue weighted by atomic mass is 19.1. The minimum atomic E-state index is -1.33. The maximum absolute atomic E-state index is 13.4. The summed E-state index contributed by atoms with van der Waals surface area (Å²) in [6, 6.07) is 8.36. The van der Waals surface area contributed by atoms with E-state index >= 15 is 0 Å². The maximum Gasteiger partial charge on any atom is 0.338 e. The molecule has 0 saturated heterocycles. The molecule has 0 unspecified atom stereocenters. The second-order valence-corrected chi connectivity index (χ2v) is 3.57. The van der Waals surface area contributed by atoms with E-state index < -0.39 is 17.3 Å². The number of rotatable bonds is 4. The number of benzene rings is 1. The molecule has 0 aliphatic heterocycles. The van der Waals surface area contributed by atoms with Crippen LogP contribution in [0.25, 0.3) is 0 Å². The third kappa shape index (κ3) is 2.98. The minimum Gasteiger partial charge on any atom is -0.481 e. The van der Waals surface area contributed by atoms with Crippen LogP contribution in [0, 0.1) is 5.82 Å². The summed E-state index contributed by atoms with van der Waals surface area (Å²) in [5.74, 6) is -1.46. The fourth-order valence-electron chi connectivity index (χ4n) is 1.42. The van der Waals surface area contributed by atoms with Crippen LogP contribution in [-0.2, 0) is 0 Å². The van der Waals surface area contributed by atoms with Crippen LogP contribution < -0.4 is 9.47 Å². The molecule has 0 radical (unpaired) electrons. The molecule has 0 spiro atoms. The van der Waals surface area contributed by atoms with Gasteiger partial charge in [0.25, 0.3) is 0 Å². The van der Waals surface area contributed by atoms with E-state index in [4.69, 9.17) is 14.6 Å². The molecule has 5 nitrogen and oxygen atoms in total. The average molecular weight is 263 g/mol. The first-order valence-corrected chi connectivity index (χ1v) is 5.32. The molecule has 0 aliphatic rings. The van der Waals surface area contributed by atoms with E-state index in [2.05, 4.69) is 4.98 Å². The standard InChI is InChI=1S/C13H10FNO4/c1-18-11-3-2-4-12(15-11)19-8-5-6-9(13(16)17)10(14)7-8/h2-7H,1H3,(H,16,17). The van der Waals surface area contributed by atoms with Crippen LogP contribution in [0.2, 0.25) is 0 Å². The van der Waals surface area contributed by atoms with E-state index in [9.17, 15) is 9.18 Å². The van der Waals surface area contributed by atoms with Gasteiger partial charge in [-0.1, -0.05) is 6.07 Å². The highest BCUT2D eigenvalue weighted by Gasteiger charge is 2.11. The Bertz CT molecular complexity index is 615. The number of aromatic carboxylic acids is 1. The quantitative estimate of drug-likeness (QED) is 0.918. The van der Waals surface area contributed by atoms with Gasteiger partial charge in [0.1, 0.15) is 11.6 Å². The van der Waals surface area contributed by atoms with Crippen molar-refractivity contribution >= 4 is 5.97 Å². The van der Waals surface area contributed by atoms with Crippen LogP contribution in [-0.4, -0.2) is 23.2 Å². The lowest BCUT2D eigenvalue weighted by molar-refractivity contribution is 0.0692. The van der Waals surface area contributed by atoms with Crippen molar-refractivity contribution in [1.82, 2.24) is 4.98 Å². The molecule has 2 aromatic rings. The van der Waals surface area contributed by atoms with Crippen molar-refractivity contribution in [3.05, 3.63) is 47.8 Å². The monoisotopic (exact) mass is 263 g/mol. The highest BCUT2D eigenvalue weighted by Crippen LogP contribution is 2.23. The van der Waals surface area contributed by atoms with Crippen molar-refractivity contribution in [2.45, 2.75) is 0 Å². The summed E-state index contributed by atoms with van der Waals surface area (Å²) in [5, 5.41) is 8.70. The first-order chi connectivity index (χ1) is 9.10. The zero-order valence-electron chi connectivity index (χ0n) is 9.96. The van der Waals surface area contributed by atoms with Crippen LogP contribution >= 0.6 is 0 Å². The van der Waals surface area contributed by atoms with Gasteiger partial charge in [-0.3, -0.25) is 0 Å². The van der Waals surface area contributed by atoms with Crippen LogP contribution in [0.5, 0.6) is 17.5 Å². The number of halogens is 1. The Morgan fingerprint density at radius 2 is 2.00 bits per heavy atom. The zero-order valence-corrected chi connectivity index (χ0v) is 9.96. The number of carboxylic acid groups (broad SMARTS) is 1. The van der Waals surface area contributed by atoms with Gasteiger partial charge in [0, 0.05) is 18.2 Å². The van der Waals surface area contributed by atoms with Gasteiger partial charge in [-0.2, -0.15) is 4.98 Å². The molecule has 19 heavy (non-hydrogen) atoms. The molecule has 1 heterocycles. The van der Waals surface area contributed by atoms with Gasteiger partial charge in [0.05, 0.1) is 12.7 Å². The number of aromatic nitrogens is 1. The van der Waals surface area contributed by atoms with Gasteiger partial charge in [-0.15, -0.1) is 0 Å². The SMILES string of the molecule is COc1cccc(Oc2ccc(C(=O)O)c(F)c2)n1. The van der Waals surface area contributed by atoms with Gasteiger partial charge >= 0.3 is 5.97 Å². The summed E-state index contributed by atoms with van der Waals surface area (Å²) in [6.07, 6.45) is 0. The van der Waals surface area contributed by atoms with Crippen LogP contribution in [0.3, 0.4) is 0 Å². The summed E-state index contributed by atoms with van der Waals surface area (Å²) in [7, 11) is 1.47. The van der Waals surface area contributed by atoms with Gasteiger partial charge < -0.3 is 14.6 Å². The Hall–Kier alpha value is -2.63. The summed E-state index contributed by atoms with van der Waals surface area (Å²) >= 11 is 0. The molecule has 0 atom stereocenters. The summed E-state index contributed by atoms with van der Waals surface area (Å²) in [5.41, 5.74) is -0.411. The molecule has 0 amide bonds. The van der Waals surface area contributed by atoms with Gasteiger partial charge in [-0.25, -0.2) is 9.18 Å². The topological polar surface area (TPSA) is 68.7 Å². The fourth-order valence-corrected chi connectivity index (χ4v) is 1.42. The van der Waals surface area contributed by atoms with Crippen molar-refractivity contribution < 1.29 is 23.8 Å². The Kier molecular flexibility index (Phi) is 3.61. The molecule has 98 valence electrons. The molecule has 0 saturated carbocycles. The third-order valence-electron chi connectivity index (χ3n) is 2.30. The number of hydrogen-bond acceptors (Lipinski definition) is 4. The summed E-state index contributed by atoms with van der Waals surface area (Å²) < 4.78 is 23.7. The van der Waals surface area contributed by atoms with Crippen LogP contribution in [0.1, 0.15) is 10.4 Å². The normalized spacial score (nSPS) is 10.0. The second-order valence-electron chi connectivity index (χ2n) is 3.57. The lowest BCUT2D eigenvalue weighted by Gasteiger charge is -2.06. The lowest BCUT2D eigenvalue weighted by atomic mass is 10.2. The number of hydrogen-bond donors (Lipinski definition) is 1. The second kappa shape index (κ2) is 5.34. The van der Waals surface area contributed by atoms with E-state index in [1.165, 1.54) is 13.2 Å². The molecular weight excluding hydrogens is 253 g/mol. The molecule has 1 N–H and O–H groups in total. The number of carbonyl (C=O) groups is 1. The predicted molar refractivity (Wildman–Crippen MR) is 64.2 cm³/mol. The van der Waals surface area contributed by atoms with Crippen molar-refractivity contribution in [2.75, 3.05) is 7.11 Å². The average Bonchev–Trinajstić information content (AvgIpc) is 2.38. The highest BCUT2D eigenvalue weighted by molar-refractivity contribution is 5.88. The largest absolute Gasteiger partial charge is 0.481 e. The molecule has 0 bridgehead atoms. The van der Waals surface area contributed by atoms with E-state index in [-0.39, 0.29) is 11.6 Å². The van der Waals surface area contributed by atoms with E-state index in [0.717, 1.165) is 12.1 Å². The van der Waals surface area contributed by atoms with Crippen LogP contribution in [0.15, 0.2) is 36.4 Å². The van der Waals surface area contributed by atoms with Crippen molar-refractivity contribution in [3.63, 3.8) is 0 Å². The van der Waals surface area contributed by atoms with Crippen molar-refractivity contribution in [3.8, 4) is 17.5 Å². The Balaban J connectivity index is 2.23. The molecule has 1 aromatic carbocycles. The van der Waals surface area contributed by atoms with Gasteiger partial charge in [-0.05, 0) is 12.1 Å². The van der Waals surface area contributed by atoms with E-state index in [0.29, 0.717) is 5.88 Å². The summed E-state index contributed by atoms with van der Waals surface area (Å²) in [6.45, 7) is 0. The third-order valence-corrected chi connectivity index (χ3v) is 2.30. The predicted octanol–water partition coefficient (Wildman–Crippen LogP) is 2.72. The first kappa shape index (κ1) is 12.8. The molecule has 1 aromatic heterocycles. The Labute approximate surface area is 108 Å². The van der Waals surface area contributed by atoms with Gasteiger partial charge in [0.2, 0.25) is 11.8 Å². The minimum absolute atomic E-state index is 0.156. The Morgan fingerprint density at radius 1 is 1.26 bits per heavy atom. The van der Waals surface area contributed by atoms with Crippen molar-refractivity contribution in [2.24, 2.45) is 0 Å². The molecule has 2 rings (SSSR count). The smallest absolute Gasteiger partial charge is 0.338 e. The molecule has 0 aliphatic carbocycles. The zero-order chi connectivity index (χ0) is 13.8. The van der Waals surface area contributed by atoms with Crippen LogP contribution in [0.4, 0.5) is 4.39 Å². The van der Waals surface area contributed by atoms with Crippen molar-refractivity contribution in [1.29, 1.82) is 0 Å². The molecule has 0 fully saturated rings. The lowest BCUT2D eigenvalue weighted by Crippen LogP contribution is -2.00. The number of nitrogens with zero attached hydrogens (tertiary/aromatic N) is 1. The van der Waals surface area contributed by atoms with E-state index in [1.54, 1.807) is 18.2 Å². The molecular formula is C13H10FNO4. The fraction of sp³-hybridized carbons (Fsp3) is 0.0769. The summed E-state index contributed by atoms with van der Waals surface area (Å²) in [4.78, 5) is 14.7. The molecule has 6 heteroatoms. The maximum atomic E-state index is 13.4. The number of methoxy groups -OCH3 is 1.